The second-order valence-electron chi connectivity index (χ2n) is 5.26. The summed E-state index contributed by atoms with van der Waals surface area (Å²) in [7, 11) is 1.63. The number of carboxylic acids is 1. The first-order chi connectivity index (χ1) is 12.2. The lowest BCUT2D eigenvalue weighted by atomic mass is 10.2. The zero-order valence-electron chi connectivity index (χ0n) is 13.6. The minimum atomic E-state index is -5.08. The number of H-pyrrole nitrogens is 1. The highest BCUT2D eigenvalue weighted by Gasteiger charge is 2.38. The molecule has 3 heterocycles. The van der Waals surface area contributed by atoms with Crippen LogP contribution in [0.3, 0.4) is 0 Å². The van der Waals surface area contributed by atoms with Crippen LogP contribution in [0.5, 0.6) is 0 Å². The first-order valence-corrected chi connectivity index (χ1v) is 7.27. The largest absolute Gasteiger partial charge is 0.490 e. The molecule has 0 saturated heterocycles. The smallest absolute Gasteiger partial charge is 0.475 e. The molecule has 1 aliphatic heterocycles. The van der Waals surface area contributed by atoms with Crippen LogP contribution in [-0.4, -0.2) is 50.4 Å². The number of alkyl halides is 3. The molecule has 0 atom stereocenters. The number of carboxylic acid groups (broad SMARTS) is 1. The lowest BCUT2D eigenvalue weighted by molar-refractivity contribution is -0.192. The molecule has 0 bridgehead atoms. The number of methoxy groups -OCH3 is 1. The number of aromatic amines is 1. The summed E-state index contributed by atoms with van der Waals surface area (Å²) in [4.78, 5) is 26.9. The molecule has 2 aromatic rings. The van der Waals surface area contributed by atoms with Crippen molar-refractivity contribution >= 4 is 11.9 Å². The zero-order chi connectivity index (χ0) is 19.3. The quantitative estimate of drug-likeness (QED) is 0.850. The van der Waals surface area contributed by atoms with Gasteiger partial charge in [-0.05, 0) is 12.1 Å². The summed E-state index contributed by atoms with van der Waals surface area (Å²) in [6.45, 7) is 1.60. The van der Waals surface area contributed by atoms with Crippen LogP contribution >= 0.6 is 0 Å². The molecule has 3 rings (SSSR count). The second kappa shape index (κ2) is 7.95. The number of aromatic nitrogens is 3. The molecule has 26 heavy (non-hydrogen) atoms. The molecule has 8 nitrogen and oxygen atoms in total. The average Bonchev–Trinajstić information content (AvgIpc) is 3.17. The Labute approximate surface area is 145 Å². The molecule has 0 aromatic carbocycles. The third-order valence-corrected chi connectivity index (χ3v) is 3.47. The van der Waals surface area contributed by atoms with Crippen molar-refractivity contribution in [3.63, 3.8) is 0 Å². The van der Waals surface area contributed by atoms with Crippen molar-refractivity contribution in [2.24, 2.45) is 0 Å². The van der Waals surface area contributed by atoms with Crippen LogP contribution in [0, 0.1) is 0 Å². The fourth-order valence-corrected chi connectivity index (χ4v) is 2.28. The van der Waals surface area contributed by atoms with Crippen molar-refractivity contribution in [2.75, 3.05) is 7.11 Å². The van der Waals surface area contributed by atoms with E-state index in [9.17, 15) is 18.0 Å². The van der Waals surface area contributed by atoms with E-state index in [0.29, 0.717) is 25.3 Å². The number of carbonyl (C=O) groups excluding carboxylic acids is 1. The predicted octanol–water partition coefficient (Wildman–Crippen LogP) is 1.74. The van der Waals surface area contributed by atoms with Gasteiger partial charge in [0, 0.05) is 30.6 Å². The molecular weight excluding hydrogens is 357 g/mol. The molecule has 140 valence electrons. The van der Waals surface area contributed by atoms with E-state index in [1.54, 1.807) is 36.5 Å². The molecule has 11 heteroatoms. The van der Waals surface area contributed by atoms with Gasteiger partial charge in [-0.1, -0.05) is 0 Å². The van der Waals surface area contributed by atoms with Gasteiger partial charge >= 0.3 is 12.1 Å². The van der Waals surface area contributed by atoms with Crippen LogP contribution < -0.4 is 0 Å². The maximum atomic E-state index is 12.3. The molecule has 0 aliphatic carbocycles. The Balaban J connectivity index is 0.000000298. The summed E-state index contributed by atoms with van der Waals surface area (Å²) in [5, 5.41) is 14.3. The highest BCUT2D eigenvalue weighted by atomic mass is 19.4. The van der Waals surface area contributed by atoms with E-state index >= 15 is 0 Å². The minimum absolute atomic E-state index is 0.00960. The van der Waals surface area contributed by atoms with Gasteiger partial charge in [0.1, 0.15) is 0 Å². The topological polar surface area (TPSA) is 108 Å². The number of amides is 1. The summed E-state index contributed by atoms with van der Waals surface area (Å²) in [5.41, 5.74) is 3.60. The van der Waals surface area contributed by atoms with Crippen LogP contribution in [0.1, 0.15) is 27.3 Å². The van der Waals surface area contributed by atoms with E-state index in [1.165, 1.54) is 0 Å². The molecule has 2 N–H and O–H groups in total. The van der Waals surface area contributed by atoms with Crippen molar-refractivity contribution in [3.8, 4) is 0 Å². The fourth-order valence-electron chi connectivity index (χ4n) is 2.28. The molecule has 0 spiro atoms. The van der Waals surface area contributed by atoms with Crippen LogP contribution in [0.2, 0.25) is 0 Å². The van der Waals surface area contributed by atoms with Gasteiger partial charge in [0.2, 0.25) is 0 Å². The van der Waals surface area contributed by atoms with Crippen molar-refractivity contribution < 1.29 is 32.6 Å². The number of pyridine rings is 1. The Kier molecular flexibility index (Phi) is 5.93. The van der Waals surface area contributed by atoms with Gasteiger partial charge in [0.25, 0.3) is 5.91 Å². The summed E-state index contributed by atoms with van der Waals surface area (Å²) < 4.78 is 36.8. The molecule has 1 aliphatic rings. The summed E-state index contributed by atoms with van der Waals surface area (Å²) in [6, 6.07) is 3.45. The first-order valence-electron chi connectivity index (χ1n) is 7.27. The van der Waals surface area contributed by atoms with E-state index < -0.39 is 12.1 Å². The molecule has 0 unspecified atom stereocenters. The summed E-state index contributed by atoms with van der Waals surface area (Å²) >= 11 is 0. The number of hydrogen-bond donors (Lipinski definition) is 2. The fraction of sp³-hybridized carbons (Fsp3) is 0.333. The maximum absolute atomic E-state index is 12.3. The monoisotopic (exact) mass is 372 g/mol. The van der Waals surface area contributed by atoms with E-state index in [1.807, 2.05) is 0 Å². The van der Waals surface area contributed by atoms with Gasteiger partial charge in [-0.3, -0.25) is 14.9 Å². The molecule has 0 radical (unpaired) electrons. The van der Waals surface area contributed by atoms with Gasteiger partial charge in [0.15, 0.2) is 0 Å². The molecule has 2 aromatic heterocycles. The van der Waals surface area contributed by atoms with E-state index in [0.717, 1.165) is 17.0 Å². The van der Waals surface area contributed by atoms with Gasteiger partial charge < -0.3 is 14.7 Å². The van der Waals surface area contributed by atoms with E-state index in [-0.39, 0.29) is 5.91 Å². The Morgan fingerprint density at radius 2 is 1.92 bits per heavy atom. The average molecular weight is 372 g/mol. The summed E-state index contributed by atoms with van der Waals surface area (Å²) in [6.07, 6.45) is -1.83. The Morgan fingerprint density at radius 3 is 2.46 bits per heavy atom. The molecule has 0 fully saturated rings. The van der Waals surface area contributed by atoms with E-state index in [2.05, 4.69) is 15.2 Å². The van der Waals surface area contributed by atoms with Crippen LogP contribution in [-0.2, 0) is 29.2 Å². The number of fused-ring (bicyclic) bond motifs is 1. The maximum Gasteiger partial charge on any atom is 0.490 e. The number of nitrogens with zero attached hydrogens (tertiary/aromatic N) is 3. The second-order valence-corrected chi connectivity index (χ2v) is 5.26. The number of aliphatic carboxylic acids is 1. The Morgan fingerprint density at radius 1 is 1.31 bits per heavy atom. The lowest BCUT2D eigenvalue weighted by Crippen LogP contribution is -2.25. The third kappa shape index (κ3) is 4.57. The van der Waals surface area contributed by atoms with Gasteiger partial charge in [0.05, 0.1) is 31.1 Å². The first kappa shape index (κ1) is 19.4. The number of hydrogen-bond acceptors (Lipinski definition) is 5. The van der Waals surface area contributed by atoms with Crippen molar-refractivity contribution in [1.29, 1.82) is 0 Å². The van der Waals surface area contributed by atoms with Gasteiger partial charge in [-0.25, -0.2) is 4.79 Å². The predicted molar refractivity (Wildman–Crippen MR) is 80.8 cm³/mol. The molecule has 1 amide bonds. The minimum Gasteiger partial charge on any atom is -0.475 e. The Hall–Kier alpha value is -2.95. The number of ether oxygens (including phenoxy) is 1. The highest BCUT2D eigenvalue weighted by molar-refractivity contribution is 5.94. The number of carbonyl (C=O) groups is 2. The molecule has 0 saturated carbocycles. The van der Waals surface area contributed by atoms with E-state index in [4.69, 9.17) is 14.6 Å². The third-order valence-electron chi connectivity index (χ3n) is 3.47. The Bertz CT molecular complexity index is 777. The van der Waals surface area contributed by atoms with Crippen molar-refractivity contribution in [1.82, 2.24) is 20.1 Å². The van der Waals surface area contributed by atoms with Crippen LogP contribution in [0.25, 0.3) is 0 Å². The van der Waals surface area contributed by atoms with Crippen molar-refractivity contribution in [3.05, 3.63) is 47.0 Å². The SMILES string of the molecule is COCc1n[nH]c2c1CN(C(=O)c1ccncc1)C2.O=C(O)C(F)(F)F. The summed E-state index contributed by atoms with van der Waals surface area (Å²) in [5.74, 6) is -2.75. The molecular formula is C15H15F3N4O4. The van der Waals surface area contributed by atoms with Crippen LogP contribution in [0.4, 0.5) is 13.2 Å². The van der Waals surface area contributed by atoms with Crippen LogP contribution in [0.15, 0.2) is 24.5 Å². The van der Waals surface area contributed by atoms with Crippen molar-refractivity contribution in [2.45, 2.75) is 25.9 Å². The van der Waals surface area contributed by atoms with Gasteiger partial charge in [-0.15, -0.1) is 0 Å². The standard InChI is InChI=1S/C13H14N4O2.C2HF3O2/c1-19-8-12-10-6-17(7-11(10)15-16-12)13(18)9-2-4-14-5-3-9;3-2(4,5)1(6)7/h2-5H,6-8H2,1H3,(H,15,16);(H,6,7). The number of rotatable bonds is 3. The zero-order valence-corrected chi connectivity index (χ0v) is 13.6. The highest BCUT2D eigenvalue weighted by Crippen LogP contribution is 2.25. The van der Waals surface area contributed by atoms with Gasteiger partial charge in [-0.2, -0.15) is 18.3 Å². The number of nitrogens with one attached hydrogen (secondary N) is 1. The lowest BCUT2D eigenvalue weighted by Gasteiger charge is -2.15. The normalized spacial score (nSPS) is 13.0. The number of halogens is 3.